The number of pyridine rings is 1. The molecule has 0 radical (unpaired) electrons. The number of aryl methyl sites for hydroxylation is 1. The second-order valence-corrected chi connectivity index (χ2v) is 5.65. The van der Waals surface area contributed by atoms with Gasteiger partial charge in [-0.1, -0.05) is 12.1 Å². The molecule has 0 aliphatic carbocycles. The molecule has 1 aromatic carbocycles. The van der Waals surface area contributed by atoms with E-state index in [2.05, 4.69) is 5.32 Å². The zero-order valence-corrected chi connectivity index (χ0v) is 12.9. The van der Waals surface area contributed by atoms with Crippen molar-refractivity contribution in [1.29, 1.82) is 0 Å². The maximum Gasteiger partial charge on any atom is 0.258 e. The van der Waals surface area contributed by atoms with Gasteiger partial charge in [0.15, 0.2) is 0 Å². The second-order valence-electron chi connectivity index (χ2n) is 5.65. The van der Waals surface area contributed by atoms with Gasteiger partial charge in [-0.25, -0.2) is 4.39 Å². The molecule has 1 aromatic heterocycles. The van der Waals surface area contributed by atoms with Crippen LogP contribution in [0, 0.1) is 5.82 Å². The van der Waals surface area contributed by atoms with E-state index < -0.39 is 0 Å². The number of carbonyl (C=O) groups excluding carboxylic acids is 1. The lowest BCUT2D eigenvalue weighted by atomic mass is 10.1. The van der Waals surface area contributed by atoms with Crippen molar-refractivity contribution in [3.63, 3.8) is 0 Å². The fourth-order valence-corrected chi connectivity index (χ4v) is 2.50. The van der Waals surface area contributed by atoms with Crippen molar-refractivity contribution in [3.05, 3.63) is 52.7 Å². The van der Waals surface area contributed by atoms with Crippen LogP contribution in [0.4, 0.5) is 10.1 Å². The number of likely N-dealkylation sites (tertiary alicyclic amines) is 1. The maximum atomic E-state index is 13.0. The Kier molecular flexibility index (Phi) is 4.14. The van der Waals surface area contributed by atoms with E-state index >= 15 is 0 Å². The lowest BCUT2D eigenvalue weighted by Gasteiger charge is -2.31. The molecule has 1 fully saturated rings. The molecule has 0 spiro atoms. The van der Waals surface area contributed by atoms with E-state index in [9.17, 15) is 14.0 Å². The van der Waals surface area contributed by atoms with E-state index in [0.29, 0.717) is 16.8 Å². The molecule has 1 aliphatic heterocycles. The van der Waals surface area contributed by atoms with Gasteiger partial charge in [-0.15, -0.1) is 0 Å². The monoisotopic (exact) mass is 315 g/mol. The number of carbonyl (C=O) groups is 1. The van der Waals surface area contributed by atoms with E-state index in [1.807, 2.05) is 0 Å². The number of hydrogen-bond acceptors (Lipinski definition) is 3. The van der Waals surface area contributed by atoms with E-state index in [0.717, 1.165) is 19.5 Å². The normalized spacial score (nSPS) is 13.6. The number of halogens is 1. The Hall–Kier alpha value is -2.63. The summed E-state index contributed by atoms with van der Waals surface area (Å²) in [6.07, 6.45) is 2.71. The molecule has 5 nitrogen and oxygen atoms in total. The maximum absolute atomic E-state index is 13.0. The molecule has 1 saturated heterocycles. The molecular weight excluding hydrogens is 297 g/mol. The minimum Gasteiger partial charge on any atom is -0.375 e. The molecule has 0 atom stereocenters. The summed E-state index contributed by atoms with van der Waals surface area (Å²) in [5.74, 6) is -0.298. The number of amides is 1. The predicted molar refractivity (Wildman–Crippen MR) is 86.8 cm³/mol. The molecule has 0 saturated carbocycles. The quantitative estimate of drug-likeness (QED) is 0.936. The number of nitrogens with one attached hydrogen (secondary N) is 1. The third kappa shape index (κ3) is 3.26. The SMILES string of the molecule is Cn1cc(NCC(=O)N2CCC2)cc(-c2ccc(F)cc2)c1=O. The van der Waals surface area contributed by atoms with Gasteiger partial charge >= 0.3 is 0 Å². The molecule has 2 heterocycles. The van der Waals surface area contributed by atoms with Crippen molar-refractivity contribution >= 4 is 11.6 Å². The highest BCUT2D eigenvalue weighted by molar-refractivity contribution is 5.81. The van der Waals surface area contributed by atoms with Gasteiger partial charge in [0.1, 0.15) is 5.82 Å². The van der Waals surface area contributed by atoms with Gasteiger partial charge in [0.25, 0.3) is 5.56 Å². The Balaban J connectivity index is 1.83. The van der Waals surface area contributed by atoms with Crippen LogP contribution in [-0.2, 0) is 11.8 Å². The molecule has 0 unspecified atom stereocenters. The largest absolute Gasteiger partial charge is 0.375 e. The average Bonchev–Trinajstić information content (AvgIpc) is 2.47. The van der Waals surface area contributed by atoms with Crippen LogP contribution in [0.15, 0.2) is 41.3 Å². The van der Waals surface area contributed by atoms with Crippen LogP contribution >= 0.6 is 0 Å². The molecule has 1 N–H and O–H groups in total. The number of rotatable bonds is 4. The summed E-state index contributed by atoms with van der Waals surface area (Å²) in [4.78, 5) is 26.0. The third-order valence-electron chi connectivity index (χ3n) is 3.99. The Morgan fingerprint density at radius 2 is 1.96 bits per heavy atom. The fraction of sp³-hybridized carbons (Fsp3) is 0.294. The molecule has 6 heteroatoms. The van der Waals surface area contributed by atoms with Gasteiger partial charge in [-0.3, -0.25) is 9.59 Å². The standard InChI is InChI=1S/C17H18FN3O2/c1-20-11-14(19-10-16(22)21-7-2-8-21)9-15(17(20)23)12-3-5-13(18)6-4-12/h3-6,9,11,19H,2,7-8,10H2,1H3. The Morgan fingerprint density at radius 3 is 2.57 bits per heavy atom. The van der Waals surface area contributed by atoms with Gasteiger partial charge in [-0.2, -0.15) is 0 Å². The van der Waals surface area contributed by atoms with Crippen LogP contribution in [0.25, 0.3) is 11.1 Å². The minimum absolute atomic E-state index is 0.0495. The minimum atomic E-state index is -0.347. The first-order valence-electron chi connectivity index (χ1n) is 7.53. The van der Waals surface area contributed by atoms with E-state index in [1.54, 1.807) is 36.3 Å². The lowest BCUT2D eigenvalue weighted by Crippen LogP contribution is -2.44. The Bertz CT molecular complexity index is 779. The number of nitrogens with zero attached hydrogens (tertiary/aromatic N) is 2. The number of hydrogen-bond donors (Lipinski definition) is 1. The zero-order chi connectivity index (χ0) is 16.4. The first-order valence-corrected chi connectivity index (χ1v) is 7.53. The molecule has 1 amide bonds. The van der Waals surface area contributed by atoms with Crippen LogP contribution in [0.1, 0.15) is 6.42 Å². The third-order valence-corrected chi connectivity index (χ3v) is 3.99. The molecule has 0 bridgehead atoms. The van der Waals surface area contributed by atoms with Crippen molar-refractivity contribution in [2.24, 2.45) is 7.05 Å². The first kappa shape index (κ1) is 15.3. The number of benzene rings is 1. The summed E-state index contributed by atoms with van der Waals surface area (Å²) in [7, 11) is 1.65. The summed E-state index contributed by atoms with van der Waals surface area (Å²) in [6.45, 7) is 1.82. The average molecular weight is 315 g/mol. The van der Waals surface area contributed by atoms with E-state index in [1.165, 1.54) is 16.7 Å². The Morgan fingerprint density at radius 1 is 1.26 bits per heavy atom. The smallest absolute Gasteiger partial charge is 0.258 e. The number of anilines is 1. The fourth-order valence-electron chi connectivity index (χ4n) is 2.50. The Labute approximate surface area is 133 Å². The summed E-state index contributed by atoms with van der Waals surface area (Å²) in [6, 6.07) is 7.48. The highest BCUT2D eigenvalue weighted by Crippen LogP contribution is 2.19. The summed E-state index contributed by atoms with van der Waals surface area (Å²) in [5, 5.41) is 3.06. The highest BCUT2D eigenvalue weighted by Gasteiger charge is 2.19. The van der Waals surface area contributed by atoms with Crippen LogP contribution in [0.3, 0.4) is 0 Å². The molecule has 2 aromatic rings. The highest BCUT2D eigenvalue weighted by atomic mass is 19.1. The van der Waals surface area contributed by atoms with Crippen molar-refractivity contribution in [3.8, 4) is 11.1 Å². The molecule has 120 valence electrons. The van der Waals surface area contributed by atoms with Gasteiger partial charge in [0.05, 0.1) is 12.2 Å². The van der Waals surface area contributed by atoms with Gasteiger partial charge in [0.2, 0.25) is 5.91 Å². The zero-order valence-electron chi connectivity index (χ0n) is 12.9. The van der Waals surface area contributed by atoms with Gasteiger partial charge in [-0.05, 0) is 30.2 Å². The topological polar surface area (TPSA) is 54.3 Å². The van der Waals surface area contributed by atoms with Crippen LogP contribution in [-0.4, -0.2) is 35.0 Å². The van der Waals surface area contributed by atoms with Crippen LogP contribution in [0.2, 0.25) is 0 Å². The van der Waals surface area contributed by atoms with Crippen LogP contribution < -0.4 is 10.9 Å². The summed E-state index contributed by atoms with van der Waals surface area (Å²) >= 11 is 0. The van der Waals surface area contributed by atoms with Crippen molar-refractivity contribution < 1.29 is 9.18 Å². The van der Waals surface area contributed by atoms with Crippen molar-refractivity contribution in [2.75, 3.05) is 25.0 Å². The van der Waals surface area contributed by atoms with Crippen molar-refractivity contribution in [2.45, 2.75) is 6.42 Å². The van der Waals surface area contributed by atoms with E-state index in [-0.39, 0.29) is 23.8 Å². The molecular formula is C17H18FN3O2. The van der Waals surface area contributed by atoms with Crippen molar-refractivity contribution in [1.82, 2.24) is 9.47 Å². The van der Waals surface area contributed by atoms with Gasteiger partial charge in [0, 0.05) is 31.9 Å². The molecule has 3 rings (SSSR count). The van der Waals surface area contributed by atoms with Gasteiger partial charge < -0.3 is 14.8 Å². The summed E-state index contributed by atoms with van der Waals surface area (Å²) in [5.41, 5.74) is 1.62. The lowest BCUT2D eigenvalue weighted by molar-refractivity contribution is -0.132. The second kappa shape index (κ2) is 6.24. The molecule has 1 aliphatic rings. The van der Waals surface area contributed by atoms with Crippen LogP contribution in [0.5, 0.6) is 0 Å². The first-order chi connectivity index (χ1) is 11.0. The number of aromatic nitrogens is 1. The molecule has 23 heavy (non-hydrogen) atoms. The summed E-state index contributed by atoms with van der Waals surface area (Å²) < 4.78 is 14.5. The van der Waals surface area contributed by atoms with E-state index in [4.69, 9.17) is 0 Å². The predicted octanol–water partition coefficient (Wildman–Crippen LogP) is 1.84.